The summed E-state index contributed by atoms with van der Waals surface area (Å²) in [7, 11) is 0. The second-order valence-electron chi connectivity index (χ2n) is 13.1. The van der Waals surface area contributed by atoms with Crippen molar-refractivity contribution in [3.63, 3.8) is 0 Å². The minimum atomic E-state index is 0.280. The van der Waals surface area contributed by atoms with Crippen molar-refractivity contribution in [1.29, 1.82) is 0 Å². The van der Waals surface area contributed by atoms with Crippen molar-refractivity contribution in [2.45, 2.75) is 5.92 Å². The normalized spacial score (nSPS) is 17.3. The molecule has 0 saturated heterocycles. The number of hydrogen-bond acceptors (Lipinski definition) is 1. The van der Waals surface area contributed by atoms with Crippen LogP contribution < -0.4 is 0 Å². The highest BCUT2D eigenvalue weighted by Gasteiger charge is 2.28. The number of hydrogen-bond donors (Lipinski definition) is 0. The van der Waals surface area contributed by atoms with Crippen LogP contribution >= 0.6 is 0 Å². The van der Waals surface area contributed by atoms with Crippen LogP contribution in [0.3, 0.4) is 0 Å². The van der Waals surface area contributed by atoms with Gasteiger partial charge in [0, 0.05) is 34.5 Å². The largest absolute Gasteiger partial charge is 0.307 e. The predicted molar refractivity (Wildman–Crippen MR) is 197 cm³/mol. The van der Waals surface area contributed by atoms with Gasteiger partial charge in [0.2, 0.25) is 0 Å². The van der Waals surface area contributed by atoms with Gasteiger partial charge in [-0.1, -0.05) is 121 Å². The highest BCUT2D eigenvalue weighted by atomic mass is 15.0. The number of allylic oxidation sites excluding steroid dienone is 5. The fraction of sp³-hybridized carbons (Fsp3) is 0.0444. The lowest BCUT2D eigenvalue weighted by atomic mass is 9.76. The van der Waals surface area contributed by atoms with Gasteiger partial charge in [-0.2, -0.15) is 0 Å². The summed E-state index contributed by atoms with van der Waals surface area (Å²) in [5, 5.41) is 6.39. The molecule has 2 unspecified atom stereocenters. The summed E-state index contributed by atoms with van der Waals surface area (Å²) in [6, 6.07) is 44.7. The molecule has 0 amide bonds. The highest BCUT2D eigenvalue weighted by molar-refractivity contribution is 6.19. The topological polar surface area (TPSA) is 17.8 Å². The molecule has 3 aliphatic rings. The molecule has 0 radical (unpaired) electrons. The van der Waals surface area contributed by atoms with Gasteiger partial charge in [0.25, 0.3) is 0 Å². The average molecular weight is 597 g/mol. The van der Waals surface area contributed by atoms with Crippen molar-refractivity contribution in [3.8, 4) is 33.4 Å². The highest BCUT2D eigenvalue weighted by Crippen LogP contribution is 2.50. The molecule has 2 heterocycles. The molecule has 218 valence electrons. The van der Waals surface area contributed by atoms with Crippen LogP contribution in [0, 0.1) is 5.92 Å². The summed E-state index contributed by atoms with van der Waals surface area (Å²) < 4.78 is 2.42. The van der Waals surface area contributed by atoms with Crippen molar-refractivity contribution >= 4 is 55.3 Å². The molecule has 2 atom stereocenters. The first kappa shape index (κ1) is 25.2. The van der Waals surface area contributed by atoms with Gasteiger partial charge in [0.1, 0.15) is 0 Å². The van der Waals surface area contributed by atoms with Gasteiger partial charge in [-0.3, -0.25) is 4.98 Å². The van der Waals surface area contributed by atoms with E-state index < -0.39 is 0 Å². The zero-order chi connectivity index (χ0) is 30.6. The van der Waals surface area contributed by atoms with Gasteiger partial charge in [-0.05, 0) is 91.0 Å². The number of pyridine rings is 1. The summed E-state index contributed by atoms with van der Waals surface area (Å²) >= 11 is 0. The first-order valence-corrected chi connectivity index (χ1v) is 16.5. The van der Waals surface area contributed by atoms with E-state index in [1.54, 1.807) is 0 Å². The molecular weight excluding hydrogens is 569 g/mol. The average Bonchev–Trinajstić information content (AvgIpc) is 3.65. The van der Waals surface area contributed by atoms with Crippen LogP contribution in [0.25, 0.3) is 88.6 Å². The van der Waals surface area contributed by atoms with Gasteiger partial charge < -0.3 is 4.57 Å². The Hall–Kier alpha value is -5.99. The SMILES string of the molecule is C1=CC2c3ccc(-c4ccc5c6c(cccc46)-c4ccccc4-5)cc3C=CC2C=C1n1c2cccnc2c2ccc3ccccc3c21. The molecule has 3 aliphatic carbocycles. The Morgan fingerprint density at radius 1 is 0.574 bits per heavy atom. The molecule has 0 bridgehead atoms. The van der Waals surface area contributed by atoms with E-state index in [4.69, 9.17) is 4.98 Å². The molecule has 2 aromatic heterocycles. The van der Waals surface area contributed by atoms with Crippen molar-refractivity contribution in [2.24, 2.45) is 5.92 Å². The van der Waals surface area contributed by atoms with Crippen molar-refractivity contribution in [2.75, 3.05) is 0 Å². The smallest absolute Gasteiger partial charge is 0.0963 e. The maximum Gasteiger partial charge on any atom is 0.0963 e. The zero-order valence-electron chi connectivity index (χ0n) is 25.6. The molecule has 2 nitrogen and oxygen atoms in total. The van der Waals surface area contributed by atoms with Crippen LogP contribution in [0.5, 0.6) is 0 Å². The quantitative estimate of drug-likeness (QED) is 0.194. The van der Waals surface area contributed by atoms with E-state index >= 15 is 0 Å². The molecule has 6 aromatic carbocycles. The summed E-state index contributed by atoms with van der Waals surface area (Å²) in [5.41, 5.74) is 15.3. The van der Waals surface area contributed by atoms with E-state index in [2.05, 4.69) is 150 Å². The molecule has 0 N–H and O–H groups in total. The van der Waals surface area contributed by atoms with E-state index in [1.165, 1.54) is 82.7 Å². The van der Waals surface area contributed by atoms with Gasteiger partial charge in [-0.15, -0.1) is 0 Å². The second-order valence-corrected chi connectivity index (χ2v) is 13.1. The molecule has 2 heteroatoms. The number of rotatable bonds is 2. The van der Waals surface area contributed by atoms with Crippen LogP contribution in [-0.2, 0) is 0 Å². The van der Waals surface area contributed by atoms with Gasteiger partial charge in [-0.25, -0.2) is 0 Å². The summed E-state index contributed by atoms with van der Waals surface area (Å²) in [6.07, 6.45) is 13.8. The molecule has 0 saturated carbocycles. The van der Waals surface area contributed by atoms with E-state index in [9.17, 15) is 0 Å². The lowest BCUT2D eigenvalue weighted by molar-refractivity contribution is 0.691. The molecule has 8 aromatic rings. The maximum atomic E-state index is 4.83. The fourth-order valence-electron chi connectivity index (χ4n) is 8.65. The third-order valence-corrected chi connectivity index (χ3v) is 10.7. The number of fused-ring (bicyclic) bond motifs is 11. The number of aromatic nitrogens is 2. The Morgan fingerprint density at radius 2 is 1.38 bits per heavy atom. The maximum absolute atomic E-state index is 4.83. The Balaban J connectivity index is 1.01. The molecular formula is C45H28N2. The Bertz CT molecular complexity index is 2720. The van der Waals surface area contributed by atoms with Gasteiger partial charge in [0.15, 0.2) is 0 Å². The fourth-order valence-corrected chi connectivity index (χ4v) is 8.65. The lowest BCUT2D eigenvalue weighted by Gasteiger charge is -2.30. The van der Waals surface area contributed by atoms with E-state index in [0.29, 0.717) is 5.92 Å². The summed E-state index contributed by atoms with van der Waals surface area (Å²) in [4.78, 5) is 4.83. The zero-order valence-corrected chi connectivity index (χ0v) is 25.6. The van der Waals surface area contributed by atoms with Crippen LogP contribution in [0.15, 0.2) is 152 Å². The molecule has 47 heavy (non-hydrogen) atoms. The lowest BCUT2D eigenvalue weighted by Crippen LogP contribution is -2.16. The van der Waals surface area contributed by atoms with Crippen LogP contribution in [0.1, 0.15) is 17.0 Å². The van der Waals surface area contributed by atoms with Crippen LogP contribution in [0.2, 0.25) is 0 Å². The number of benzene rings is 6. The number of nitrogens with zero attached hydrogens (tertiary/aromatic N) is 2. The predicted octanol–water partition coefficient (Wildman–Crippen LogP) is 11.6. The van der Waals surface area contributed by atoms with Gasteiger partial charge in [0.05, 0.1) is 16.6 Å². The van der Waals surface area contributed by atoms with Crippen molar-refractivity contribution < 1.29 is 0 Å². The Labute approximate surface area is 272 Å². The molecule has 0 fully saturated rings. The molecule has 0 spiro atoms. The van der Waals surface area contributed by atoms with Gasteiger partial charge >= 0.3 is 0 Å². The van der Waals surface area contributed by atoms with Crippen molar-refractivity contribution in [3.05, 3.63) is 163 Å². The first-order chi connectivity index (χ1) is 23.3. The monoisotopic (exact) mass is 596 g/mol. The third-order valence-electron chi connectivity index (χ3n) is 10.7. The summed E-state index contributed by atoms with van der Waals surface area (Å²) in [6.45, 7) is 0. The first-order valence-electron chi connectivity index (χ1n) is 16.5. The molecule has 0 aliphatic heterocycles. The van der Waals surface area contributed by atoms with Crippen molar-refractivity contribution in [1.82, 2.24) is 9.55 Å². The minimum absolute atomic E-state index is 0.280. The second kappa shape index (κ2) is 9.28. The third kappa shape index (κ3) is 3.42. The van der Waals surface area contributed by atoms with E-state index in [-0.39, 0.29) is 5.92 Å². The molecule has 11 rings (SSSR count). The Kier molecular flexibility index (Phi) is 4.98. The summed E-state index contributed by atoms with van der Waals surface area (Å²) in [5.74, 6) is 0.584. The minimum Gasteiger partial charge on any atom is -0.307 e. The van der Waals surface area contributed by atoms with Crippen LogP contribution in [-0.4, -0.2) is 9.55 Å². The Morgan fingerprint density at radius 3 is 2.32 bits per heavy atom. The standard InChI is InChI=1S/C45H28N2/c1-2-8-35-27(7-1)16-20-41-44-42(13-6-24-46-44)47(45(35)41)31-18-21-33-30(26-31)15-14-28-25-29(17-19-32(28)33)34-22-23-40-37-10-4-3-9-36(37)39-12-5-11-38(34)43(39)40/h1-26,30,33H. The van der Waals surface area contributed by atoms with E-state index in [1.807, 2.05) is 12.3 Å². The van der Waals surface area contributed by atoms with E-state index in [0.717, 1.165) is 11.0 Å². The van der Waals surface area contributed by atoms with Crippen LogP contribution in [0.4, 0.5) is 0 Å².